The first-order valence-electron chi connectivity index (χ1n) is 6.59. The number of rotatable bonds is 2. The predicted molar refractivity (Wildman–Crippen MR) is 73.5 cm³/mol. The van der Waals surface area contributed by atoms with Gasteiger partial charge in [0.05, 0.1) is 6.61 Å². The second-order valence-corrected chi connectivity index (χ2v) is 4.87. The first-order valence-corrected chi connectivity index (χ1v) is 6.59. The monoisotopic (exact) mass is 244 g/mol. The number of hydrogen-bond donors (Lipinski definition) is 0. The summed E-state index contributed by atoms with van der Waals surface area (Å²) in [7, 11) is 0. The predicted octanol–water partition coefficient (Wildman–Crippen LogP) is 3.59. The van der Waals surface area contributed by atoms with E-state index in [0.717, 1.165) is 24.8 Å². The average molecular weight is 244 g/mol. The number of hydrogen-bond acceptors (Lipinski definition) is 2. The van der Waals surface area contributed by atoms with Gasteiger partial charge in [-0.2, -0.15) is 0 Å². The second-order valence-electron chi connectivity index (χ2n) is 4.87. The fraction of sp³-hybridized carbons (Fsp3) is 0.438. The molecule has 0 aliphatic heterocycles. The number of benzene rings is 1. The van der Waals surface area contributed by atoms with Gasteiger partial charge in [-0.3, -0.25) is 0 Å². The van der Waals surface area contributed by atoms with Crippen molar-refractivity contribution >= 4 is 11.5 Å². The molecule has 0 saturated carbocycles. The molecule has 2 heteroatoms. The van der Waals surface area contributed by atoms with Crippen LogP contribution in [0.25, 0.3) is 5.57 Å². The number of ether oxygens (including phenoxy) is 1. The Kier molecular flexibility index (Phi) is 3.85. The maximum Gasteiger partial charge on any atom is 0.331 e. The molecule has 96 valence electrons. The Morgan fingerprint density at radius 1 is 1.28 bits per heavy atom. The van der Waals surface area contributed by atoms with Crippen LogP contribution in [0.4, 0.5) is 0 Å². The van der Waals surface area contributed by atoms with Crippen LogP contribution in [-0.2, 0) is 16.0 Å². The maximum atomic E-state index is 11.6. The molecule has 0 amide bonds. The second kappa shape index (κ2) is 5.38. The molecule has 2 nitrogen and oxygen atoms in total. The van der Waals surface area contributed by atoms with E-state index in [2.05, 4.69) is 26.0 Å². The Bertz CT molecular complexity index is 498. The van der Waals surface area contributed by atoms with Crippen molar-refractivity contribution in [2.75, 3.05) is 6.61 Å². The van der Waals surface area contributed by atoms with Gasteiger partial charge in [0, 0.05) is 6.08 Å². The molecule has 0 saturated heterocycles. The van der Waals surface area contributed by atoms with E-state index in [0.29, 0.717) is 6.61 Å². The third-order valence-corrected chi connectivity index (χ3v) is 3.54. The third kappa shape index (κ3) is 2.63. The van der Waals surface area contributed by atoms with Gasteiger partial charge >= 0.3 is 5.97 Å². The highest BCUT2D eigenvalue weighted by Gasteiger charge is 2.16. The lowest BCUT2D eigenvalue weighted by molar-refractivity contribution is -0.137. The molecule has 0 bridgehead atoms. The zero-order valence-corrected chi connectivity index (χ0v) is 11.4. The molecule has 0 spiro atoms. The number of aryl methyl sites for hydroxylation is 3. The molecule has 2 rings (SSSR count). The molecule has 0 fully saturated rings. The van der Waals surface area contributed by atoms with E-state index in [9.17, 15) is 4.79 Å². The van der Waals surface area contributed by atoms with Crippen molar-refractivity contribution in [2.24, 2.45) is 0 Å². The molecule has 1 aliphatic carbocycles. The summed E-state index contributed by atoms with van der Waals surface area (Å²) < 4.78 is 5.00. The lowest BCUT2D eigenvalue weighted by Gasteiger charge is -2.20. The van der Waals surface area contributed by atoms with Gasteiger partial charge in [0.2, 0.25) is 0 Å². The average Bonchev–Trinajstić information content (AvgIpc) is 2.32. The zero-order valence-electron chi connectivity index (χ0n) is 11.4. The summed E-state index contributed by atoms with van der Waals surface area (Å²) in [6.07, 6.45) is 4.85. The highest BCUT2D eigenvalue weighted by Crippen LogP contribution is 2.32. The van der Waals surface area contributed by atoms with Crippen molar-refractivity contribution < 1.29 is 9.53 Å². The summed E-state index contributed by atoms with van der Waals surface area (Å²) in [5, 5.41) is 0. The molecule has 0 atom stereocenters. The minimum absolute atomic E-state index is 0.224. The van der Waals surface area contributed by atoms with Crippen molar-refractivity contribution in [3.8, 4) is 0 Å². The topological polar surface area (TPSA) is 26.3 Å². The number of fused-ring (bicyclic) bond motifs is 1. The van der Waals surface area contributed by atoms with Crippen LogP contribution in [-0.4, -0.2) is 12.6 Å². The van der Waals surface area contributed by atoms with E-state index in [1.807, 2.05) is 6.92 Å². The van der Waals surface area contributed by atoms with Gasteiger partial charge in [-0.05, 0) is 67.9 Å². The standard InChI is InChI=1S/C16H20O2/c1-4-18-16(17)10-14-7-5-6-13-8-11(2)12(3)9-15(13)14/h8-10H,4-7H2,1-3H3. The van der Waals surface area contributed by atoms with Crippen molar-refractivity contribution in [2.45, 2.75) is 40.0 Å². The van der Waals surface area contributed by atoms with Crippen molar-refractivity contribution in [1.82, 2.24) is 0 Å². The summed E-state index contributed by atoms with van der Waals surface area (Å²) in [6, 6.07) is 4.46. The highest BCUT2D eigenvalue weighted by molar-refractivity contribution is 5.92. The zero-order chi connectivity index (χ0) is 13.1. The fourth-order valence-electron chi connectivity index (χ4n) is 2.46. The van der Waals surface area contributed by atoms with Gasteiger partial charge in [0.15, 0.2) is 0 Å². The number of esters is 1. The first kappa shape index (κ1) is 12.9. The smallest absolute Gasteiger partial charge is 0.331 e. The molecule has 1 aliphatic rings. The van der Waals surface area contributed by atoms with Crippen LogP contribution in [0.2, 0.25) is 0 Å². The summed E-state index contributed by atoms with van der Waals surface area (Å²) in [6.45, 7) is 6.52. The van der Waals surface area contributed by atoms with E-state index in [4.69, 9.17) is 4.74 Å². The third-order valence-electron chi connectivity index (χ3n) is 3.54. The molecule has 0 aromatic heterocycles. The van der Waals surface area contributed by atoms with Crippen LogP contribution in [0.15, 0.2) is 18.2 Å². The van der Waals surface area contributed by atoms with Crippen LogP contribution in [0, 0.1) is 13.8 Å². The van der Waals surface area contributed by atoms with Crippen LogP contribution in [0.1, 0.15) is 42.0 Å². The van der Waals surface area contributed by atoms with Crippen molar-refractivity contribution in [1.29, 1.82) is 0 Å². The lowest BCUT2D eigenvalue weighted by atomic mass is 9.85. The lowest BCUT2D eigenvalue weighted by Crippen LogP contribution is -2.07. The quantitative estimate of drug-likeness (QED) is 0.587. The summed E-state index contributed by atoms with van der Waals surface area (Å²) in [4.78, 5) is 11.6. The molecule has 0 radical (unpaired) electrons. The Morgan fingerprint density at radius 3 is 2.72 bits per heavy atom. The van der Waals surface area contributed by atoms with Gasteiger partial charge in [-0.25, -0.2) is 4.79 Å². The minimum atomic E-state index is -0.224. The van der Waals surface area contributed by atoms with Crippen LogP contribution < -0.4 is 0 Å². The maximum absolute atomic E-state index is 11.6. The summed E-state index contributed by atoms with van der Waals surface area (Å²) in [5.74, 6) is -0.224. The molecule has 18 heavy (non-hydrogen) atoms. The van der Waals surface area contributed by atoms with Crippen LogP contribution in [0.5, 0.6) is 0 Å². The molecule has 1 aromatic carbocycles. The van der Waals surface area contributed by atoms with Crippen molar-refractivity contribution in [3.63, 3.8) is 0 Å². The highest BCUT2D eigenvalue weighted by atomic mass is 16.5. The largest absolute Gasteiger partial charge is 0.463 e. The van der Waals surface area contributed by atoms with Gasteiger partial charge in [-0.15, -0.1) is 0 Å². The van der Waals surface area contributed by atoms with E-state index >= 15 is 0 Å². The molecule has 0 heterocycles. The number of carbonyl (C=O) groups excluding carboxylic acids is 1. The van der Waals surface area contributed by atoms with E-state index < -0.39 is 0 Å². The number of allylic oxidation sites excluding steroid dienone is 1. The number of carbonyl (C=O) groups is 1. The van der Waals surface area contributed by atoms with E-state index in [1.165, 1.54) is 22.3 Å². The molecular formula is C16H20O2. The first-order chi connectivity index (χ1) is 8.61. The van der Waals surface area contributed by atoms with Gasteiger partial charge in [-0.1, -0.05) is 12.1 Å². The Balaban J connectivity index is 2.38. The van der Waals surface area contributed by atoms with E-state index in [-0.39, 0.29) is 5.97 Å². The fourth-order valence-corrected chi connectivity index (χ4v) is 2.46. The van der Waals surface area contributed by atoms with Gasteiger partial charge < -0.3 is 4.74 Å². The van der Waals surface area contributed by atoms with Crippen LogP contribution in [0.3, 0.4) is 0 Å². The molecule has 1 aromatic rings. The van der Waals surface area contributed by atoms with E-state index in [1.54, 1.807) is 6.08 Å². The molecule has 0 N–H and O–H groups in total. The molecule has 0 unspecified atom stereocenters. The molecular weight excluding hydrogens is 224 g/mol. The summed E-state index contributed by atoms with van der Waals surface area (Å²) >= 11 is 0. The normalized spacial score (nSPS) is 16.5. The van der Waals surface area contributed by atoms with Crippen molar-refractivity contribution in [3.05, 3.63) is 40.5 Å². The van der Waals surface area contributed by atoms with Crippen LogP contribution >= 0.6 is 0 Å². The Labute approximate surface area is 109 Å². The minimum Gasteiger partial charge on any atom is -0.463 e. The van der Waals surface area contributed by atoms with Gasteiger partial charge in [0.1, 0.15) is 0 Å². The SMILES string of the molecule is CCOC(=O)C=C1CCCc2cc(C)c(C)cc21. The van der Waals surface area contributed by atoms with Gasteiger partial charge in [0.25, 0.3) is 0 Å². The summed E-state index contributed by atoms with van der Waals surface area (Å²) in [5.41, 5.74) is 6.33. The Morgan fingerprint density at radius 2 is 2.00 bits per heavy atom. The Hall–Kier alpha value is -1.57.